The van der Waals surface area contributed by atoms with E-state index in [4.69, 9.17) is 4.98 Å². The summed E-state index contributed by atoms with van der Waals surface area (Å²) < 4.78 is 1.78. The molecule has 12 nitrogen and oxygen atoms in total. The van der Waals surface area contributed by atoms with Crippen LogP contribution in [-0.2, 0) is 13.1 Å². The molecule has 6 rings (SSSR count). The molecule has 2 aliphatic heterocycles. The first-order valence-electron chi connectivity index (χ1n) is 14.2. The Kier molecular flexibility index (Phi) is 7.77. The van der Waals surface area contributed by atoms with Gasteiger partial charge in [0.2, 0.25) is 0 Å². The first kappa shape index (κ1) is 27.8. The number of carbonyl (C=O) groups is 1. The van der Waals surface area contributed by atoms with Crippen molar-refractivity contribution in [1.82, 2.24) is 29.5 Å². The van der Waals surface area contributed by atoms with E-state index in [9.17, 15) is 25.2 Å². The lowest BCUT2D eigenvalue weighted by Crippen LogP contribution is -2.47. The van der Waals surface area contributed by atoms with Gasteiger partial charge in [0.1, 0.15) is 5.82 Å². The van der Waals surface area contributed by atoms with Crippen LogP contribution in [0.5, 0.6) is 0 Å². The number of nitrogens with one attached hydrogen (secondary N) is 2. The number of aliphatic hydroxyl groups excluding tert-OH is 4. The van der Waals surface area contributed by atoms with E-state index in [1.165, 1.54) is 12.8 Å². The summed E-state index contributed by atoms with van der Waals surface area (Å²) >= 11 is 0. The van der Waals surface area contributed by atoms with E-state index < -0.39 is 31.0 Å². The molecule has 2 aliphatic rings. The molecule has 6 N–H and O–H groups in total. The van der Waals surface area contributed by atoms with Crippen molar-refractivity contribution in [3.63, 3.8) is 0 Å². The Morgan fingerprint density at radius 3 is 2.80 bits per heavy atom. The minimum atomic E-state index is -1.16. The number of hydrogen-bond acceptors (Lipinski definition) is 9. The second kappa shape index (κ2) is 11.5. The minimum Gasteiger partial charge on any atom is -0.394 e. The van der Waals surface area contributed by atoms with Crippen LogP contribution in [0.2, 0.25) is 0 Å². The van der Waals surface area contributed by atoms with Gasteiger partial charge in [-0.15, -0.1) is 0 Å². The molecule has 218 valence electrons. The fourth-order valence-electron chi connectivity index (χ4n) is 6.20. The van der Waals surface area contributed by atoms with E-state index in [-0.39, 0.29) is 12.5 Å². The first-order chi connectivity index (χ1) is 19.8. The normalized spacial score (nSPS) is 24.5. The van der Waals surface area contributed by atoms with E-state index in [1.54, 1.807) is 27.9 Å². The third-order valence-electron chi connectivity index (χ3n) is 8.50. The molecule has 2 aromatic heterocycles. The smallest absolute Gasteiger partial charge is 0.255 e. The monoisotopic (exact) mass is 563 g/mol. The van der Waals surface area contributed by atoms with E-state index in [0.717, 1.165) is 40.9 Å². The number of carbonyl (C=O) groups excluding carboxylic acids is 1. The standard InChI is InChI=1S/C29H37N7O5/c1-17-3-2-8-34(17)15-26-32-21-6-5-20(12-22(21)33-26)31-29(41)18-4-7-23-19(11-18)13-30-36(23)10-9-35-14-24(38)28(40)27(35)25(39)16-37/h4-7,11-13,17,24-25,27-28,37-40H,2-3,8-10,14-16H2,1H3,(H,31,41)(H,32,33)/t17-,24?,25?,27?,28?/m0/s1. The van der Waals surface area contributed by atoms with Gasteiger partial charge in [0.25, 0.3) is 5.91 Å². The molecule has 4 aromatic rings. The zero-order valence-electron chi connectivity index (χ0n) is 23.0. The number of benzene rings is 2. The molecule has 4 unspecified atom stereocenters. The lowest BCUT2D eigenvalue weighted by Gasteiger charge is -2.29. The predicted octanol–water partition coefficient (Wildman–Crippen LogP) is 0.908. The Labute approximate surface area is 237 Å². The van der Waals surface area contributed by atoms with Gasteiger partial charge in [-0.05, 0) is 62.7 Å². The maximum absolute atomic E-state index is 13.1. The molecular formula is C29H37N7O5. The fourth-order valence-corrected chi connectivity index (χ4v) is 6.20. The summed E-state index contributed by atoms with van der Waals surface area (Å²) in [6.45, 7) is 4.66. The highest BCUT2D eigenvalue weighted by Crippen LogP contribution is 2.24. The van der Waals surface area contributed by atoms with Crippen LogP contribution in [0.25, 0.3) is 21.9 Å². The van der Waals surface area contributed by atoms with Crippen molar-refractivity contribution < 1.29 is 25.2 Å². The quantitative estimate of drug-likeness (QED) is 0.174. The molecule has 0 spiro atoms. The summed E-state index contributed by atoms with van der Waals surface area (Å²) in [4.78, 5) is 25.4. The second-order valence-electron chi connectivity index (χ2n) is 11.3. The van der Waals surface area contributed by atoms with Gasteiger partial charge in [0.15, 0.2) is 0 Å². The third-order valence-corrected chi connectivity index (χ3v) is 8.50. The van der Waals surface area contributed by atoms with Crippen LogP contribution >= 0.6 is 0 Å². The number of hydrogen-bond donors (Lipinski definition) is 6. The maximum atomic E-state index is 13.1. The molecule has 2 saturated heterocycles. The van der Waals surface area contributed by atoms with Gasteiger partial charge in [-0.1, -0.05) is 0 Å². The Morgan fingerprint density at radius 1 is 1.17 bits per heavy atom. The zero-order valence-corrected chi connectivity index (χ0v) is 23.0. The van der Waals surface area contributed by atoms with Gasteiger partial charge in [0, 0.05) is 35.8 Å². The van der Waals surface area contributed by atoms with Crippen molar-refractivity contribution in [2.24, 2.45) is 0 Å². The third kappa shape index (κ3) is 5.59. The maximum Gasteiger partial charge on any atom is 0.255 e. The number of H-pyrrole nitrogens is 1. The molecule has 5 atom stereocenters. The highest BCUT2D eigenvalue weighted by atomic mass is 16.3. The summed E-state index contributed by atoms with van der Waals surface area (Å²) in [6.07, 6.45) is 0.838. The van der Waals surface area contributed by atoms with E-state index >= 15 is 0 Å². The molecule has 0 bridgehead atoms. The molecule has 0 saturated carbocycles. The molecular weight excluding hydrogens is 526 g/mol. The minimum absolute atomic E-state index is 0.190. The predicted molar refractivity (Wildman–Crippen MR) is 153 cm³/mol. The molecule has 2 fully saturated rings. The Morgan fingerprint density at radius 2 is 2.02 bits per heavy atom. The van der Waals surface area contributed by atoms with Crippen LogP contribution in [0, 0.1) is 0 Å². The number of aromatic amines is 1. The number of fused-ring (bicyclic) bond motifs is 2. The first-order valence-corrected chi connectivity index (χ1v) is 14.2. The lowest BCUT2D eigenvalue weighted by molar-refractivity contribution is -0.0307. The molecule has 0 radical (unpaired) electrons. The number of rotatable bonds is 9. The second-order valence-corrected chi connectivity index (χ2v) is 11.3. The van der Waals surface area contributed by atoms with Gasteiger partial charge in [-0.25, -0.2) is 4.98 Å². The topological polar surface area (TPSA) is 163 Å². The largest absolute Gasteiger partial charge is 0.394 e. The summed E-state index contributed by atoms with van der Waals surface area (Å²) in [6, 6.07) is 10.9. The molecule has 4 heterocycles. The van der Waals surface area contributed by atoms with Crippen LogP contribution in [-0.4, -0.2) is 113 Å². The van der Waals surface area contributed by atoms with E-state index in [1.807, 2.05) is 24.3 Å². The van der Waals surface area contributed by atoms with Crippen molar-refractivity contribution in [2.75, 3.05) is 31.6 Å². The van der Waals surface area contributed by atoms with Gasteiger partial charge in [-0.3, -0.25) is 19.3 Å². The van der Waals surface area contributed by atoms with Crippen LogP contribution in [0.1, 0.15) is 35.9 Å². The number of aliphatic hydroxyl groups is 4. The summed E-state index contributed by atoms with van der Waals surface area (Å²) in [7, 11) is 0. The van der Waals surface area contributed by atoms with Crippen molar-refractivity contribution in [3.05, 3.63) is 54.0 Å². The van der Waals surface area contributed by atoms with Gasteiger partial charge in [-0.2, -0.15) is 5.10 Å². The van der Waals surface area contributed by atoms with Gasteiger partial charge < -0.3 is 30.7 Å². The van der Waals surface area contributed by atoms with Crippen molar-refractivity contribution >= 4 is 33.5 Å². The van der Waals surface area contributed by atoms with Crippen molar-refractivity contribution in [2.45, 2.75) is 63.3 Å². The average Bonchev–Trinajstić information content (AvgIpc) is 3.73. The summed E-state index contributed by atoms with van der Waals surface area (Å²) in [5.41, 5.74) is 3.77. The zero-order chi connectivity index (χ0) is 28.7. The van der Waals surface area contributed by atoms with E-state index in [0.29, 0.717) is 30.4 Å². The number of aromatic nitrogens is 4. The van der Waals surface area contributed by atoms with Crippen LogP contribution in [0.4, 0.5) is 5.69 Å². The van der Waals surface area contributed by atoms with Gasteiger partial charge in [0.05, 0.1) is 66.8 Å². The van der Waals surface area contributed by atoms with Crippen LogP contribution in [0.3, 0.4) is 0 Å². The number of nitrogens with zero attached hydrogens (tertiary/aromatic N) is 5. The highest BCUT2D eigenvalue weighted by Gasteiger charge is 2.43. The Bertz CT molecular complexity index is 1540. The molecule has 41 heavy (non-hydrogen) atoms. The summed E-state index contributed by atoms with van der Waals surface area (Å²) in [5.74, 6) is 0.697. The Hall–Kier alpha value is -3.39. The number of likely N-dealkylation sites (tertiary alicyclic amines) is 2. The number of imidazole rings is 1. The number of amides is 1. The number of anilines is 1. The van der Waals surface area contributed by atoms with Crippen molar-refractivity contribution in [1.29, 1.82) is 0 Å². The highest BCUT2D eigenvalue weighted by molar-refractivity contribution is 6.06. The molecule has 2 aromatic carbocycles. The van der Waals surface area contributed by atoms with E-state index in [2.05, 4.69) is 27.2 Å². The number of β-amino-alcohol motifs (C(OH)–C–C–N with tert-alkyl or cyclic N) is 1. The van der Waals surface area contributed by atoms with Crippen LogP contribution < -0.4 is 5.32 Å². The average molecular weight is 564 g/mol. The van der Waals surface area contributed by atoms with Crippen LogP contribution in [0.15, 0.2) is 42.6 Å². The molecule has 1 amide bonds. The fraction of sp³-hybridized carbons (Fsp3) is 0.483. The molecule has 0 aliphatic carbocycles. The summed E-state index contributed by atoms with van der Waals surface area (Å²) in [5, 5.41) is 48.0. The lowest BCUT2D eigenvalue weighted by atomic mass is 10.1. The van der Waals surface area contributed by atoms with Gasteiger partial charge >= 0.3 is 0 Å². The molecule has 12 heteroatoms. The SMILES string of the molecule is C[C@H]1CCCN1Cc1nc2ccc(NC(=O)c3ccc4c(cnn4CCN4CC(O)C(O)C4C(O)CO)c3)cc2[nH]1. The van der Waals surface area contributed by atoms with Crippen molar-refractivity contribution in [3.8, 4) is 0 Å². The Balaban J connectivity index is 1.11.